The van der Waals surface area contributed by atoms with Gasteiger partial charge in [0.1, 0.15) is 11.6 Å². The fourth-order valence-corrected chi connectivity index (χ4v) is 3.01. The van der Waals surface area contributed by atoms with Crippen molar-refractivity contribution < 1.29 is 13.6 Å². The van der Waals surface area contributed by atoms with Gasteiger partial charge in [0.15, 0.2) is 0 Å². The molecule has 2 saturated heterocycles. The normalized spacial score (nSPS) is 25.7. The van der Waals surface area contributed by atoms with Crippen molar-refractivity contribution in [2.45, 2.75) is 19.4 Å². The van der Waals surface area contributed by atoms with E-state index in [1.807, 2.05) is 0 Å². The highest BCUT2D eigenvalue weighted by molar-refractivity contribution is 5.95. The number of halogens is 2. The number of carbonyl (C=O) groups excluding carboxylic acids is 1. The zero-order chi connectivity index (χ0) is 13.6. The molecule has 2 fully saturated rings. The molecule has 0 saturated carbocycles. The lowest BCUT2D eigenvalue weighted by atomic mass is 10.1. The van der Waals surface area contributed by atoms with Crippen LogP contribution in [0.3, 0.4) is 0 Å². The van der Waals surface area contributed by atoms with Crippen LogP contribution in [-0.4, -0.2) is 36.5 Å². The Kier molecular flexibility index (Phi) is 3.01. The predicted octanol–water partition coefficient (Wildman–Crippen LogP) is 1.71. The van der Waals surface area contributed by atoms with Gasteiger partial charge in [-0.25, -0.2) is 8.78 Å². The van der Waals surface area contributed by atoms with Crippen LogP contribution in [0.25, 0.3) is 0 Å². The molecular weight excluding hydrogens is 250 g/mol. The smallest absolute Gasteiger partial charge is 0.256 e. The van der Waals surface area contributed by atoms with Crippen LogP contribution < -0.4 is 5.32 Å². The Morgan fingerprint density at radius 3 is 2.84 bits per heavy atom. The molecule has 102 valence electrons. The van der Waals surface area contributed by atoms with E-state index in [4.69, 9.17) is 0 Å². The van der Waals surface area contributed by atoms with E-state index in [0.29, 0.717) is 30.6 Å². The first-order chi connectivity index (χ1) is 9.06. The highest BCUT2D eigenvalue weighted by atomic mass is 19.1. The minimum Gasteiger partial charge on any atom is -0.337 e. The SMILES string of the molecule is Cc1cc(C(=O)N2C[C@@H]3CCN[C@@H]3C2)c(F)cc1F. The minimum absolute atomic E-state index is 0.0288. The third-order valence-electron chi connectivity index (χ3n) is 4.13. The quantitative estimate of drug-likeness (QED) is 0.839. The molecule has 3 nitrogen and oxygen atoms in total. The first kappa shape index (κ1) is 12.5. The van der Waals surface area contributed by atoms with Crippen LogP contribution in [0.4, 0.5) is 8.78 Å². The van der Waals surface area contributed by atoms with Gasteiger partial charge in [0, 0.05) is 25.2 Å². The summed E-state index contributed by atoms with van der Waals surface area (Å²) in [7, 11) is 0. The van der Waals surface area contributed by atoms with Gasteiger partial charge in [0.2, 0.25) is 0 Å². The number of hydrogen-bond acceptors (Lipinski definition) is 2. The van der Waals surface area contributed by atoms with Gasteiger partial charge in [0.25, 0.3) is 5.91 Å². The monoisotopic (exact) mass is 266 g/mol. The third-order valence-corrected chi connectivity index (χ3v) is 4.13. The Hall–Kier alpha value is -1.49. The van der Waals surface area contributed by atoms with Crippen molar-refractivity contribution in [2.75, 3.05) is 19.6 Å². The molecule has 2 heterocycles. The Morgan fingerprint density at radius 2 is 2.11 bits per heavy atom. The molecule has 1 amide bonds. The first-order valence-corrected chi connectivity index (χ1v) is 6.54. The topological polar surface area (TPSA) is 32.3 Å². The van der Waals surface area contributed by atoms with Crippen molar-refractivity contribution in [1.82, 2.24) is 10.2 Å². The van der Waals surface area contributed by atoms with E-state index in [1.165, 1.54) is 13.0 Å². The first-order valence-electron chi connectivity index (χ1n) is 6.54. The number of nitrogens with zero attached hydrogens (tertiary/aromatic N) is 1. The average Bonchev–Trinajstić information content (AvgIpc) is 2.93. The maximum absolute atomic E-state index is 13.7. The van der Waals surface area contributed by atoms with E-state index in [1.54, 1.807) is 4.90 Å². The number of fused-ring (bicyclic) bond motifs is 1. The molecule has 5 heteroatoms. The second-order valence-corrected chi connectivity index (χ2v) is 5.40. The maximum Gasteiger partial charge on any atom is 0.256 e. The Labute approximate surface area is 110 Å². The number of carbonyl (C=O) groups is 1. The van der Waals surface area contributed by atoms with E-state index in [-0.39, 0.29) is 11.5 Å². The number of nitrogens with one attached hydrogen (secondary N) is 1. The van der Waals surface area contributed by atoms with E-state index in [0.717, 1.165) is 19.0 Å². The van der Waals surface area contributed by atoms with Crippen molar-refractivity contribution in [3.8, 4) is 0 Å². The molecule has 0 spiro atoms. The van der Waals surface area contributed by atoms with Crippen molar-refractivity contribution in [3.05, 3.63) is 34.9 Å². The van der Waals surface area contributed by atoms with Gasteiger partial charge in [0.05, 0.1) is 5.56 Å². The molecule has 2 atom stereocenters. The van der Waals surface area contributed by atoms with Gasteiger partial charge in [-0.1, -0.05) is 0 Å². The highest BCUT2D eigenvalue weighted by Crippen LogP contribution is 2.26. The molecule has 2 aliphatic rings. The van der Waals surface area contributed by atoms with Crippen LogP contribution in [0.15, 0.2) is 12.1 Å². The standard InChI is InChI=1S/C14H16F2N2O/c1-8-4-10(12(16)5-11(8)15)14(19)18-6-9-2-3-17-13(9)7-18/h4-5,9,13,17H,2-3,6-7H2,1H3/t9-,13+/m0/s1. The zero-order valence-corrected chi connectivity index (χ0v) is 10.7. The number of benzene rings is 1. The van der Waals surface area contributed by atoms with E-state index >= 15 is 0 Å². The average molecular weight is 266 g/mol. The van der Waals surface area contributed by atoms with E-state index in [2.05, 4.69) is 5.32 Å². The summed E-state index contributed by atoms with van der Waals surface area (Å²) in [6, 6.07) is 2.42. The van der Waals surface area contributed by atoms with Gasteiger partial charge in [-0.2, -0.15) is 0 Å². The number of rotatable bonds is 1. The summed E-state index contributed by atoms with van der Waals surface area (Å²) in [6.45, 7) is 3.79. The fourth-order valence-electron chi connectivity index (χ4n) is 3.01. The molecule has 1 aromatic carbocycles. The van der Waals surface area contributed by atoms with E-state index in [9.17, 15) is 13.6 Å². The molecule has 0 bridgehead atoms. The van der Waals surface area contributed by atoms with Gasteiger partial charge >= 0.3 is 0 Å². The molecule has 1 N–H and O–H groups in total. The Bertz CT molecular complexity index is 520. The molecule has 1 aromatic rings. The summed E-state index contributed by atoms with van der Waals surface area (Å²) in [6.07, 6.45) is 1.05. The lowest BCUT2D eigenvalue weighted by Gasteiger charge is -2.18. The van der Waals surface area contributed by atoms with Crippen LogP contribution in [0, 0.1) is 24.5 Å². The molecular formula is C14H16F2N2O. The van der Waals surface area contributed by atoms with Gasteiger partial charge in [-0.05, 0) is 37.4 Å². The van der Waals surface area contributed by atoms with Gasteiger partial charge in [-0.15, -0.1) is 0 Å². The van der Waals surface area contributed by atoms with Crippen molar-refractivity contribution in [3.63, 3.8) is 0 Å². The zero-order valence-electron chi connectivity index (χ0n) is 10.7. The third kappa shape index (κ3) is 2.12. The maximum atomic E-state index is 13.7. The second-order valence-electron chi connectivity index (χ2n) is 5.40. The number of aryl methyl sites for hydroxylation is 1. The van der Waals surface area contributed by atoms with Gasteiger partial charge < -0.3 is 10.2 Å². The largest absolute Gasteiger partial charge is 0.337 e. The van der Waals surface area contributed by atoms with Crippen LogP contribution in [0.2, 0.25) is 0 Å². The van der Waals surface area contributed by atoms with Crippen LogP contribution in [-0.2, 0) is 0 Å². The molecule has 2 aliphatic heterocycles. The summed E-state index contributed by atoms with van der Waals surface area (Å²) in [5.74, 6) is -1.27. The fraction of sp³-hybridized carbons (Fsp3) is 0.500. The molecule has 19 heavy (non-hydrogen) atoms. The number of amides is 1. The molecule has 3 rings (SSSR count). The van der Waals surface area contributed by atoms with Crippen LogP contribution in [0.1, 0.15) is 22.3 Å². The van der Waals surface area contributed by atoms with Crippen LogP contribution >= 0.6 is 0 Å². The Balaban J connectivity index is 1.83. The van der Waals surface area contributed by atoms with Crippen molar-refractivity contribution in [2.24, 2.45) is 5.92 Å². The predicted molar refractivity (Wildman–Crippen MR) is 66.9 cm³/mol. The van der Waals surface area contributed by atoms with Gasteiger partial charge in [-0.3, -0.25) is 4.79 Å². The number of likely N-dealkylation sites (tertiary alicyclic amines) is 1. The molecule has 0 radical (unpaired) electrons. The summed E-state index contributed by atoms with van der Waals surface area (Å²) in [5, 5.41) is 3.34. The van der Waals surface area contributed by atoms with Crippen LogP contribution in [0.5, 0.6) is 0 Å². The number of hydrogen-bond donors (Lipinski definition) is 1. The summed E-state index contributed by atoms with van der Waals surface area (Å²) in [4.78, 5) is 14.0. The summed E-state index contributed by atoms with van der Waals surface area (Å²) in [5.41, 5.74) is 0.265. The van der Waals surface area contributed by atoms with Crippen molar-refractivity contribution >= 4 is 5.91 Å². The molecule has 0 unspecified atom stereocenters. The summed E-state index contributed by atoms with van der Waals surface area (Å²) >= 11 is 0. The lowest BCUT2D eigenvalue weighted by molar-refractivity contribution is 0.0777. The summed E-state index contributed by atoms with van der Waals surface area (Å²) < 4.78 is 26.9. The van der Waals surface area contributed by atoms with Crippen molar-refractivity contribution in [1.29, 1.82) is 0 Å². The molecule has 0 aromatic heterocycles. The lowest BCUT2D eigenvalue weighted by Crippen LogP contribution is -2.34. The highest BCUT2D eigenvalue weighted by Gasteiger charge is 2.38. The minimum atomic E-state index is -0.780. The second kappa shape index (κ2) is 4.56. The Morgan fingerprint density at radius 1 is 1.32 bits per heavy atom. The van der Waals surface area contributed by atoms with E-state index < -0.39 is 11.6 Å². The molecule has 0 aliphatic carbocycles.